The Hall–Kier alpha value is -0.930. The fourth-order valence-corrected chi connectivity index (χ4v) is 1.86. The third kappa shape index (κ3) is 1.94. The van der Waals surface area contributed by atoms with E-state index < -0.39 is 5.60 Å². The van der Waals surface area contributed by atoms with Crippen LogP contribution in [0.15, 0.2) is 24.5 Å². The summed E-state index contributed by atoms with van der Waals surface area (Å²) >= 11 is 0. The van der Waals surface area contributed by atoms with E-state index in [2.05, 4.69) is 4.98 Å². The van der Waals surface area contributed by atoms with E-state index in [4.69, 9.17) is 5.73 Å². The van der Waals surface area contributed by atoms with Gasteiger partial charge in [0.1, 0.15) is 0 Å². The number of nitrogens with zero attached hydrogens (tertiary/aromatic N) is 1. The molecular formula is C11H16N2O. The molecule has 0 amide bonds. The van der Waals surface area contributed by atoms with Crippen molar-refractivity contribution < 1.29 is 5.11 Å². The van der Waals surface area contributed by atoms with Crippen LogP contribution in [-0.2, 0) is 6.42 Å². The average Bonchev–Trinajstić information content (AvgIpc) is 3.03. The molecule has 1 aromatic heterocycles. The summed E-state index contributed by atoms with van der Waals surface area (Å²) in [5.41, 5.74) is 5.98. The van der Waals surface area contributed by atoms with Gasteiger partial charge in [-0.15, -0.1) is 0 Å². The van der Waals surface area contributed by atoms with E-state index in [9.17, 15) is 5.11 Å². The van der Waals surface area contributed by atoms with Crippen LogP contribution in [0, 0.1) is 5.92 Å². The average molecular weight is 192 g/mol. The number of aromatic nitrogens is 1. The van der Waals surface area contributed by atoms with Gasteiger partial charge in [-0.1, -0.05) is 6.07 Å². The number of nitrogens with two attached hydrogens (primary N) is 1. The molecule has 0 saturated heterocycles. The predicted molar refractivity (Wildman–Crippen MR) is 54.7 cm³/mol. The zero-order valence-corrected chi connectivity index (χ0v) is 8.19. The third-order valence-electron chi connectivity index (χ3n) is 2.92. The molecule has 3 N–H and O–H groups in total. The number of aliphatic hydroxyl groups is 1. The van der Waals surface area contributed by atoms with Gasteiger partial charge in [0.05, 0.1) is 5.60 Å². The van der Waals surface area contributed by atoms with Crippen LogP contribution in [0.1, 0.15) is 18.4 Å². The Balaban J connectivity index is 2.08. The number of hydrogen-bond donors (Lipinski definition) is 2. The van der Waals surface area contributed by atoms with Gasteiger partial charge in [-0.05, 0) is 30.4 Å². The first-order chi connectivity index (χ1) is 6.74. The summed E-state index contributed by atoms with van der Waals surface area (Å²) in [4.78, 5) is 4.03. The summed E-state index contributed by atoms with van der Waals surface area (Å²) in [6.45, 7) is 0.340. The number of pyridine rings is 1. The highest BCUT2D eigenvalue weighted by Crippen LogP contribution is 2.40. The second-order valence-corrected chi connectivity index (χ2v) is 4.12. The van der Waals surface area contributed by atoms with Crippen LogP contribution in [0.25, 0.3) is 0 Å². The largest absolute Gasteiger partial charge is 0.388 e. The first kappa shape index (κ1) is 9.62. The van der Waals surface area contributed by atoms with Gasteiger partial charge in [-0.2, -0.15) is 0 Å². The van der Waals surface area contributed by atoms with E-state index in [0.29, 0.717) is 18.9 Å². The van der Waals surface area contributed by atoms with E-state index in [1.807, 2.05) is 12.1 Å². The second kappa shape index (κ2) is 3.67. The lowest BCUT2D eigenvalue weighted by Gasteiger charge is -2.26. The fraction of sp³-hybridized carbons (Fsp3) is 0.545. The predicted octanol–water partition coefficient (Wildman–Crippen LogP) is 0.724. The maximum absolute atomic E-state index is 10.3. The van der Waals surface area contributed by atoms with Crippen LogP contribution in [0.2, 0.25) is 0 Å². The molecule has 2 rings (SSSR count). The highest BCUT2D eigenvalue weighted by Gasteiger charge is 2.42. The van der Waals surface area contributed by atoms with Crippen molar-refractivity contribution in [3.8, 4) is 0 Å². The molecule has 1 fully saturated rings. The summed E-state index contributed by atoms with van der Waals surface area (Å²) < 4.78 is 0. The number of rotatable bonds is 4. The molecule has 1 aliphatic rings. The molecule has 0 bridgehead atoms. The molecule has 0 aromatic carbocycles. The van der Waals surface area contributed by atoms with Crippen molar-refractivity contribution in [3.05, 3.63) is 30.1 Å². The molecule has 1 heterocycles. The number of hydrogen-bond acceptors (Lipinski definition) is 3. The molecule has 0 spiro atoms. The first-order valence-corrected chi connectivity index (χ1v) is 5.06. The second-order valence-electron chi connectivity index (χ2n) is 4.12. The van der Waals surface area contributed by atoms with Crippen molar-refractivity contribution in [1.82, 2.24) is 4.98 Å². The summed E-state index contributed by atoms with van der Waals surface area (Å²) in [5, 5.41) is 10.3. The topological polar surface area (TPSA) is 59.1 Å². The molecule has 76 valence electrons. The Bertz CT molecular complexity index is 297. The van der Waals surface area contributed by atoms with Crippen molar-refractivity contribution in [2.45, 2.75) is 24.9 Å². The van der Waals surface area contributed by atoms with E-state index in [-0.39, 0.29) is 0 Å². The molecule has 3 heteroatoms. The minimum Gasteiger partial charge on any atom is -0.388 e. The highest BCUT2D eigenvalue weighted by molar-refractivity contribution is 5.14. The minimum absolute atomic E-state index is 0.340. The van der Waals surface area contributed by atoms with E-state index in [1.165, 1.54) is 0 Å². The zero-order chi connectivity index (χ0) is 10.0. The van der Waals surface area contributed by atoms with Crippen molar-refractivity contribution in [2.24, 2.45) is 11.7 Å². The van der Waals surface area contributed by atoms with Gasteiger partial charge in [-0.25, -0.2) is 0 Å². The SMILES string of the molecule is NCC(O)(Cc1cccnc1)C1CC1. The summed E-state index contributed by atoms with van der Waals surface area (Å²) in [6, 6.07) is 3.87. The molecule has 1 saturated carbocycles. The van der Waals surface area contributed by atoms with E-state index in [1.54, 1.807) is 12.4 Å². The minimum atomic E-state index is -0.705. The Morgan fingerprint density at radius 1 is 1.57 bits per heavy atom. The van der Waals surface area contributed by atoms with Crippen molar-refractivity contribution in [2.75, 3.05) is 6.54 Å². The van der Waals surface area contributed by atoms with Crippen LogP contribution in [-0.4, -0.2) is 22.2 Å². The quantitative estimate of drug-likeness (QED) is 0.739. The lowest BCUT2D eigenvalue weighted by Crippen LogP contribution is -2.42. The van der Waals surface area contributed by atoms with Crippen LogP contribution in [0.4, 0.5) is 0 Å². The van der Waals surface area contributed by atoms with Gasteiger partial charge in [-0.3, -0.25) is 4.98 Å². The molecular weight excluding hydrogens is 176 g/mol. The van der Waals surface area contributed by atoms with E-state index >= 15 is 0 Å². The van der Waals surface area contributed by atoms with Gasteiger partial charge in [0.2, 0.25) is 0 Å². The normalized spacial score (nSPS) is 20.4. The van der Waals surface area contributed by atoms with Crippen LogP contribution in [0.5, 0.6) is 0 Å². The van der Waals surface area contributed by atoms with Crippen molar-refractivity contribution in [3.63, 3.8) is 0 Å². The summed E-state index contributed by atoms with van der Waals surface area (Å²) in [6.07, 6.45) is 6.37. The van der Waals surface area contributed by atoms with Crippen LogP contribution in [0.3, 0.4) is 0 Å². The smallest absolute Gasteiger partial charge is 0.0838 e. The van der Waals surface area contributed by atoms with Gasteiger partial charge >= 0.3 is 0 Å². The molecule has 3 nitrogen and oxygen atoms in total. The fourth-order valence-electron chi connectivity index (χ4n) is 1.86. The van der Waals surface area contributed by atoms with E-state index in [0.717, 1.165) is 18.4 Å². The molecule has 1 unspecified atom stereocenters. The summed E-state index contributed by atoms with van der Waals surface area (Å²) in [7, 11) is 0. The van der Waals surface area contributed by atoms with Crippen LogP contribution >= 0.6 is 0 Å². The van der Waals surface area contributed by atoms with Gasteiger partial charge in [0.15, 0.2) is 0 Å². The van der Waals surface area contributed by atoms with Gasteiger partial charge in [0.25, 0.3) is 0 Å². The van der Waals surface area contributed by atoms with Crippen molar-refractivity contribution in [1.29, 1.82) is 0 Å². The Kier molecular flexibility index (Phi) is 2.52. The monoisotopic (exact) mass is 192 g/mol. The highest BCUT2D eigenvalue weighted by atomic mass is 16.3. The first-order valence-electron chi connectivity index (χ1n) is 5.06. The maximum Gasteiger partial charge on any atom is 0.0838 e. The maximum atomic E-state index is 10.3. The molecule has 1 aromatic rings. The van der Waals surface area contributed by atoms with Gasteiger partial charge in [0, 0.05) is 25.4 Å². The zero-order valence-electron chi connectivity index (χ0n) is 8.19. The third-order valence-corrected chi connectivity index (χ3v) is 2.92. The Morgan fingerprint density at radius 3 is 2.86 bits per heavy atom. The Morgan fingerprint density at radius 2 is 2.36 bits per heavy atom. The molecule has 0 aliphatic heterocycles. The molecule has 0 radical (unpaired) electrons. The van der Waals surface area contributed by atoms with Crippen LogP contribution < -0.4 is 5.73 Å². The van der Waals surface area contributed by atoms with Crippen molar-refractivity contribution >= 4 is 0 Å². The van der Waals surface area contributed by atoms with Gasteiger partial charge < -0.3 is 10.8 Å². The standard InChI is InChI=1S/C11H16N2O/c12-8-11(14,10-3-4-10)6-9-2-1-5-13-7-9/h1-2,5,7,10,14H,3-4,6,8,12H2. The molecule has 1 aliphatic carbocycles. The molecule has 14 heavy (non-hydrogen) atoms. The summed E-state index contributed by atoms with van der Waals surface area (Å²) in [5.74, 6) is 0.396. The lowest BCUT2D eigenvalue weighted by atomic mass is 9.90. The lowest BCUT2D eigenvalue weighted by molar-refractivity contribution is 0.0266. The Labute approximate surface area is 84.0 Å². The molecule has 1 atom stereocenters.